The lowest BCUT2D eigenvalue weighted by atomic mass is 9.74. The second-order valence-electron chi connectivity index (χ2n) is 5.40. The van der Waals surface area contributed by atoms with Crippen molar-refractivity contribution < 1.29 is 8.42 Å². The van der Waals surface area contributed by atoms with Crippen LogP contribution in [0, 0.1) is 0 Å². The Kier molecular flexibility index (Phi) is 3.87. The molecule has 2 rings (SSSR count). The molecule has 0 unspecified atom stereocenters. The highest BCUT2D eigenvalue weighted by Crippen LogP contribution is 2.39. The first-order chi connectivity index (χ1) is 8.91. The third kappa shape index (κ3) is 2.62. The summed E-state index contributed by atoms with van der Waals surface area (Å²) in [6.45, 7) is 2.15. The Hall–Kier alpha value is -1.07. The molecule has 1 aliphatic carbocycles. The van der Waals surface area contributed by atoms with Gasteiger partial charge in [0.15, 0.2) is 0 Å². The lowest BCUT2D eigenvalue weighted by Gasteiger charge is -2.43. The van der Waals surface area contributed by atoms with Crippen LogP contribution in [0.4, 0.5) is 5.69 Å². The van der Waals surface area contributed by atoms with Crippen molar-refractivity contribution in [2.24, 2.45) is 0 Å². The van der Waals surface area contributed by atoms with Gasteiger partial charge in [-0.3, -0.25) is 0 Å². The second kappa shape index (κ2) is 5.13. The van der Waals surface area contributed by atoms with E-state index >= 15 is 0 Å². The molecule has 1 saturated carbocycles. The molecule has 1 N–H and O–H groups in total. The van der Waals surface area contributed by atoms with E-state index in [9.17, 15) is 8.42 Å². The van der Waals surface area contributed by atoms with Gasteiger partial charge in [0.25, 0.3) is 0 Å². The molecule has 0 spiro atoms. The molecule has 0 amide bonds. The van der Waals surface area contributed by atoms with Gasteiger partial charge in [-0.1, -0.05) is 19.1 Å². The largest absolute Gasteiger partial charge is 0.379 e. The van der Waals surface area contributed by atoms with Crippen molar-refractivity contribution in [2.75, 3.05) is 19.4 Å². The van der Waals surface area contributed by atoms with Gasteiger partial charge in [-0.05, 0) is 37.8 Å². The number of hydrogen-bond acceptors (Lipinski definition) is 3. The fourth-order valence-corrected chi connectivity index (χ4v) is 3.49. The fourth-order valence-electron chi connectivity index (χ4n) is 2.45. The molecule has 1 aromatic carbocycles. The van der Waals surface area contributed by atoms with Crippen LogP contribution in [0.25, 0.3) is 0 Å². The molecule has 0 bridgehead atoms. The molecule has 1 aliphatic rings. The SMILES string of the molecule is CCC1(Nc2ccccc2S(=O)(=O)N(C)C)CCC1. The Morgan fingerprint density at radius 2 is 1.89 bits per heavy atom. The predicted molar refractivity (Wildman–Crippen MR) is 77.8 cm³/mol. The van der Waals surface area contributed by atoms with E-state index in [0.717, 1.165) is 24.9 Å². The summed E-state index contributed by atoms with van der Waals surface area (Å²) in [5, 5.41) is 3.47. The monoisotopic (exact) mass is 282 g/mol. The van der Waals surface area contributed by atoms with Gasteiger partial charge in [0.2, 0.25) is 10.0 Å². The van der Waals surface area contributed by atoms with Crippen LogP contribution in [-0.2, 0) is 10.0 Å². The molecule has 19 heavy (non-hydrogen) atoms. The first-order valence-corrected chi connectivity index (χ1v) is 8.15. The first-order valence-electron chi connectivity index (χ1n) is 6.71. The zero-order valence-electron chi connectivity index (χ0n) is 11.8. The van der Waals surface area contributed by atoms with Gasteiger partial charge in [0.05, 0.1) is 5.69 Å². The molecule has 0 atom stereocenters. The van der Waals surface area contributed by atoms with Crippen LogP contribution >= 0.6 is 0 Å². The summed E-state index contributed by atoms with van der Waals surface area (Å²) >= 11 is 0. The van der Waals surface area contributed by atoms with Gasteiger partial charge in [-0.2, -0.15) is 0 Å². The van der Waals surface area contributed by atoms with Crippen LogP contribution in [0.1, 0.15) is 32.6 Å². The highest BCUT2D eigenvalue weighted by molar-refractivity contribution is 7.89. The maximum atomic E-state index is 12.3. The van der Waals surface area contributed by atoms with E-state index in [2.05, 4.69) is 12.2 Å². The third-order valence-corrected chi connectivity index (χ3v) is 5.91. The smallest absolute Gasteiger partial charge is 0.244 e. The van der Waals surface area contributed by atoms with E-state index in [1.807, 2.05) is 12.1 Å². The molecule has 0 heterocycles. The van der Waals surface area contributed by atoms with Crippen LogP contribution < -0.4 is 5.32 Å². The molecule has 0 saturated heterocycles. The van der Waals surface area contributed by atoms with Crippen molar-refractivity contribution in [3.63, 3.8) is 0 Å². The molecule has 106 valence electrons. The quantitative estimate of drug-likeness (QED) is 0.903. The molecule has 0 aliphatic heterocycles. The summed E-state index contributed by atoms with van der Waals surface area (Å²) in [7, 11) is -0.280. The van der Waals surface area contributed by atoms with E-state index < -0.39 is 10.0 Å². The maximum Gasteiger partial charge on any atom is 0.244 e. The van der Waals surface area contributed by atoms with Crippen molar-refractivity contribution >= 4 is 15.7 Å². The zero-order chi connectivity index (χ0) is 14.1. The minimum absolute atomic E-state index is 0.0813. The fraction of sp³-hybridized carbons (Fsp3) is 0.571. The number of nitrogens with zero attached hydrogens (tertiary/aromatic N) is 1. The van der Waals surface area contributed by atoms with Crippen LogP contribution in [0.5, 0.6) is 0 Å². The van der Waals surface area contributed by atoms with Gasteiger partial charge >= 0.3 is 0 Å². The molecular weight excluding hydrogens is 260 g/mol. The summed E-state index contributed by atoms with van der Waals surface area (Å²) in [5.41, 5.74) is 0.801. The highest BCUT2D eigenvalue weighted by atomic mass is 32.2. The van der Waals surface area contributed by atoms with E-state index in [0.29, 0.717) is 4.90 Å². The molecule has 1 fully saturated rings. The van der Waals surface area contributed by atoms with E-state index in [4.69, 9.17) is 0 Å². The van der Waals surface area contributed by atoms with Gasteiger partial charge in [0.1, 0.15) is 4.90 Å². The predicted octanol–water partition coefficient (Wildman–Crippen LogP) is 2.68. The number of para-hydroxylation sites is 1. The van der Waals surface area contributed by atoms with Crippen LogP contribution in [-0.4, -0.2) is 32.4 Å². The Morgan fingerprint density at radius 3 is 2.37 bits per heavy atom. The van der Waals surface area contributed by atoms with E-state index in [1.165, 1.54) is 10.7 Å². The van der Waals surface area contributed by atoms with E-state index in [1.54, 1.807) is 26.2 Å². The summed E-state index contributed by atoms with van der Waals surface area (Å²) in [4.78, 5) is 0.361. The highest BCUT2D eigenvalue weighted by Gasteiger charge is 2.36. The van der Waals surface area contributed by atoms with Gasteiger partial charge in [0, 0.05) is 19.6 Å². The van der Waals surface area contributed by atoms with E-state index in [-0.39, 0.29) is 5.54 Å². The minimum Gasteiger partial charge on any atom is -0.379 e. The van der Waals surface area contributed by atoms with Crippen molar-refractivity contribution in [3.05, 3.63) is 24.3 Å². The Labute approximate surface area is 115 Å². The average Bonchev–Trinajstić information content (AvgIpc) is 2.34. The average molecular weight is 282 g/mol. The number of hydrogen-bond donors (Lipinski definition) is 1. The van der Waals surface area contributed by atoms with Crippen LogP contribution in [0.15, 0.2) is 29.2 Å². The normalized spacial score (nSPS) is 18.1. The molecule has 0 aromatic heterocycles. The zero-order valence-corrected chi connectivity index (χ0v) is 12.6. The van der Waals surface area contributed by atoms with Gasteiger partial charge in [-0.15, -0.1) is 0 Å². The number of rotatable bonds is 5. The number of anilines is 1. The second-order valence-corrected chi connectivity index (χ2v) is 7.52. The van der Waals surface area contributed by atoms with Crippen molar-refractivity contribution in [1.82, 2.24) is 4.31 Å². The molecule has 1 aromatic rings. The van der Waals surface area contributed by atoms with Gasteiger partial charge < -0.3 is 5.32 Å². The molecule has 0 radical (unpaired) electrons. The minimum atomic E-state index is -3.40. The molecule has 4 nitrogen and oxygen atoms in total. The third-order valence-electron chi connectivity index (χ3n) is 4.03. The topological polar surface area (TPSA) is 49.4 Å². The molecular formula is C14H22N2O2S. The lowest BCUT2D eigenvalue weighted by Crippen LogP contribution is -2.44. The van der Waals surface area contributed by atoms with Gasteiger partial charge in [-0.25, -0.2) is 12.7 Å². The standard InChI is InChI=1S/C14H22N2O2S/c1-4-14(10-7-11-14)15-12-8-5-6-9-13(12)19(17,18)16(2)3/h5-6,8-9,15H,4,7,10-11H2,1-3H3. The van der Waals surface area contributed by atoms with Crippen molar-refractivity contribution in [3.8, 4) is 0 Å². The summed E-state index contributed by atoms with van der Waals surface area (Å²) in [6, 6.07) is 7.16. The van der Waals surface area contributed by atoms with Crippen molar-refractivity contribution in [1.29, 1.82) is 0 Å². The lowest BCUT2D eigenvalue weighted by molar-refractivity contribution is 0.269. The Bertz CT molecular complexity index is 543. The van der Waals surface area contributed by atoms with Crippen LogP contribution in [0.3, 0.4) is 0 Å². The van der Waals surface area contributed by atoms with Crippen LogP contribution in [0.2, 0.25) is 0 Å². The summed E-state index contributed by atoms with van der Waals surface area (Å²) < 4.78 is 25.9. The Balaban J connectivity index is 2.37. The van der Waals surface area contributed by atoms with Crippen molar-refractivity contribution in [2.45, 2.75) is 43.0 Å². The maximum absolute atomic E-state index is 12.3. The first kappa shape index (κ1) is 14.3. The Morgan fingerprint density at radius 1 is 1.26 bits per heavy atom. The number of benzene rings is 1. The summed E-state index contributed by atoms with van der Waals surface area (Å²) in [6.07, 6.45) is 4.45. The number of nitrogens with one attached hydrogen (secondary N) is 1. The number of sulfonamides is 1. The molecule has 5 heteroatoms. The summed E-state index contributed by atoms with van der Waals surface area (Å²) in [5.74, 6) is 0.